The van der Waals surface area contributed by atoms with Gasteiger partial charge in [0.25, 0.3) is 6.71 Å². The van der Waals surface area contributed by atoms with Crippen LogP contribution in [0.15, 0.2) is 120 Å². The van der Waals surface area contributed by atoms with Crippen molar-refractivity contribution in [3.8, 4) is 16.9 Å². The predicted molar refractivity (Wildman–Crippen MR) is 225 cm³/mol. The van der Waals surface area contributed by atoms with Gasteiger partial charge in [-0.2, -0.15) is 0 Å². The van der Waals surface area contributed by atoms with Crippen molar-refractivity contribution in [2.45, 2.75) is 71.6 Å². The molecule has 8 aromatic rings. The fourth-order valence-electron chi connectivity index (χ4n) is 10.0. The fraction of sp³-hybridized carbons (Fsp3) is 0.224. The average molecular weight is 687 g/mol. The van der Waals surface area contributed by atoms with Gasteiger partial charge in [0.15, 0.2) is 5.58 Å². The molecule has 4 heteroatoms. The Balaban J connectivity index is 1.33. The number of para-hydroxylation sites is 3. The quantitative estimate of drug-likeness (QED) is 0.160. The first-order valence-corrected chi connectivity index (χ1v) is 19.2. The minimum Gasteiger partial charge on any atom is -0.454 e. The monoisotopic (exact) mass is 686 g/mol. The van der Waals surface area contributed by atoms with E-state index in [9.17, 15) is 0 Å². The number of aromatic nitrogens is 1. The Morgan fingerprint density at radius 3 is 2.08 bits per heavy atom. The summed E-state index contributed by atoms with van der Waals surface area (Å²) < 4.78 is 9.48. The van der Waals surface area contributed by atoms with Gasteiger partial charge in [-0.15, -0.1) is 0 Å². The first kappa shape index (κ1) is 31.1. The highest BCUT2D eigenvalue weighted by molar-refractivity contribution is 7.00. The van der Waals surface area contributed by atoms with Crippen LogP contribution < -0.4 is 21.3 Å². The van der Waals surface area contributed by atoms with Crippen LogP contribution >= 0.6 is 0 Å². The van der Waals surface area contributed by atoms with Gasteiger partial charge in [0, 0.05) is 49.7 Å². The zero-order chi connectivity index (χ0) is 36.3. The summed E-state index contributed by atoms with van der Waals surface area (Å²) in [5.74, 6) is 0. The topological polar surface area (TPSA) is 21.3 Å². The first-order valence-electron chi connectivity index (χ1n) is 19.2. The lowest BCUT2D eigenvalue weighted by molar-refractivity contribution is 0.590. The van der Waals surface area contributed by atoms with Crippen LogP contribution in [0.2, 0.25) is 0 Å². The van der Waals surface area contributed by atoms with Crippen LogP contribution in [0.3, 0.4) is 0 Å². The van der Waals surface area contributed by atoms with Gasteiger partial charge in [-0.1, -0.05) is 140 Å². The summed E-state index contributed by atoms with van der Waals surface area (Å²) in [4.78, 5) is 2.55. The average Bonchev–Trinajstić information content (AvgIpc) is 3.76. The van der Waals surface area contributed by atoms with Crippen LogP contribution in [-0.4, -0.2) is 11.3 Å². The van der Waals surface area contributed by atoms with Gasteiger partial charge in [-0.3, -0.25) is 0 Å². The maximum atomic E-state index is 6.83. The van der Waals surface area contributed by atoms with E-state index in [0.29, 0.717) is 0 Å². The molecule has 53 heavy (non-hydrogen) atoms. The van der Waals surface area contributed by atoms with Gasteiger partial charge in [-0.05, 0) is 79.8 Å². The van der Waals surface area contributed by atoms with Crippen molar-refractivity contribution in [2.24, 2.45) is 0 Å². The number of hydrogen-bond acceptors (Lipinski definition) is 2. The lowest BCUT2D eigenvalue weighted by Gasteiger charge is -2.42. The predicted octanol–water partition coefficient (Wildman–Crippen LogP) is 11.0. The summed E-state index contributed by atoms with van der Waals surface area (Å²) in [6.07, 6.45) is 0. The van der Waals surface area contributed by atoms with Crippen molar-refractivity contribution in [1.82, 2.24) is 4.57 Å². The molecule has 0 saturated carbocycles. The molecule has 0 bridgehead atoms. The molecule has 0 unspecified atom stereocenters. The van der Waals surface area contributed by atoms with Gasteiger partial charge >= 0.3 is 0 Å². The van der Waals surface area contributed by atoms with E-state index in [-0.39, 0.29) is 23.0 Å². The molecule has 6 aromatic carbocycles. The van der Waals surface area contributed by atoms with Crippen molar-refractivity contribution < 1.29 is 4.42 Å². The largest absolute Gasteiger partial charge is 0.454 e. The van der Waals surface area contributed by atoms with E-state index in [1.54, 1.807) is 0 Å². The molecule has 3 aliphatic rings. The lowest BCUT2D eigenvalue weighted by Crippen LogP contribution is -2.60. The first-order chi connectivity index (χ1) is 25.3. The summed E-state index contributed by atoms with van der Waals surface area (Å²) in [6, 6.07) is 43.6. The van der Waals surface area contributed by atoms with Crippen molar-refractivity contribution in [3.63, 3.8) is 0 Å². The van der Waals surface area contributed by atoms with Crippen LogP contribution in [0.25, 0.3) is 49.8 Å². The molecule has 0 spiro atoms. The highest BCUT2D eigenvalue weighted by atomic mass is 16.3. The molecule has 0 fully saturated rings. The van der Waals surface area contributed by atoms with Crippen LogP contribution in [0.4, 0.5) is 17.1 Å². The number of nitrogens with zero attached hydrogens (tertiary/aromatic N) is 2. The Kier molecular flexibility index (Phi) is 5.83. The van der Waals surface area contributed by atoms with Crippen LogP contribution in [0.5, 0.6) is 0 Å². The van der Waals surface area contributed by atoms with Crippen LogP contribution in [0.1, 0.15) is 77.6 Å². The molecule has 11 rings (SSSR count). The molecular formula is C49H43BN2O. The lowest BCUT2D eigenvalue weighted by atomic mass is 9.33. The number of rotatable bonds is 1. The zero-order valence-electron chi connectivity index (χ0n) is 31.8. The van der Waals surface area contributed by atoms with E-state index in [0.717, 1.165) is 27.6 Å². The molecule has 2 aromatic heterocycles. The molecule has 2 aliphatic heterocycles. The van der Waals surface area contributed by atoms with Crippen molar-refractivity contribution in [2.75, 3.05) is 4.90 Å². The standard InChI is InChI=1S/C49H43BN2O/c1-47(2,3)28-23-24-35-38(25-28)51(37-21-14-17-31-30-15-10-12-22-41(30)53-46(31)37)39-26-29(48(4,5)6)27-40-43(39)50(35)36-20-13-18-33-42-45(52(40)44(33)36)32-16-9-11-19-34(32)49(42,7)8/h9-27H,1-8H3. The third-order valence-electron chi connectivity index (χ3n) is 12.7. The van der Waals surface area contributed by atoms with Crippen LogP contribution in [0, 0.1) is 0 Å². The molecule has 0 N–H and O–H groups in total. The SMILES string of the molecule is CC(C)(C)c1ccc2c(c1)N(c1cccc3c1oc1ccccc13)c1cc(C(C)(C)C)cc3c1B2c1cccc2c4c(n-3c12)-c1ccccc1C4(C)C. The van der Waals surface area contributed by atoms with E-state index in [4.69, 9.17) is 4.42 Å². The summed E-state index contributed by atoms with van der Waals surface area (Å²) in [7, 11) is 0. The Labute approximate surface area is 311 Å². The van der Waals surface area contributed by atoms with E-state index < -0.39 is 0 Å². The summed E-state index contributed by atoms with van der Waals surface area (Å²) in [5, 5.41) is 3.66. The third kappa shape index (κ3) is 3.91. The van der Waals surface area contributed by atoms with Crippen molar-refractivity contribution >= 4 is 73.0 Å². The van der Waals surface area contributed by atoms with Gasteiger partial charge in [-0.25, -0.2) is 0 Å². The minimum atomic E-state index is -0.124. The second kappa shape index (κ2) is 9.93. The van der Waals surface area contributed by atoms with Gasteiger partial charge < -0.3 is 13.9 Å². The second-order valence-corrected chi connectivity index (χ2v) is 18.2. The molecule has 258 valence electrons. The van der Waals surface area contributed by atoms with Gasteiger partial charge in [0.2, 0.25) is 0 Å². The van der Waals surface area contributed by atoms with Crippen molar-refractivity contribution in [1.29, 1.82) is 0 Å². The van der Waals surface area contributed by atoms with Crippen LogP contribution in [-0.2, 0) is 16.2 Å². The molecule has 0 saturated heterocycles. The smallest absolute Gasteiger partial charge is 0.252 e. The molecule has 1 aliphatic carbocycles. The third-order valence-corrected chi connectivity index (χ3v) is 12.7. The second-order valence-electron chi connectivity index (χ2n) is 18.2. The number of benzene rings is 6. The molecule has 4 heterocycles. The number of furan rings is 1. The molecule has 3 nitrogen and oxygen atoms in total. The normalized spacial score (nSPS) is 15.2. The summed E-state index contributed by atoms with van der Waals surface area (Å²) in [5.41, 5.74) is 20.1. The molecular weight excluding hydrogens is 643 g/mol. The number of anilines is 3. The highest BCUT2D eigenvalue weighted by Crippen LogP contribution is 2.55. The minimum absolute atomic E-state index is 0.0220. The van der Waals surface area contributed by atoms with E-state index in [1.807, 2.05) is 0 Å². The Morgan fingerprint density at radius 1 is 0.585 bits per heavy atom. The van der Waals surface area contributed by atoms with E-state index in [1.165, 1.54) is 77.9 Å². The summed E-state index contributed by atoms with van der Waals surface area (Å²) >= 11 is 0. The van der Waals surface area contributed by atoms with Crippen molar-refractivity contribution in [3.05, 3.63) is 138 Å². The Morgan fingerprint density at radius 2 is 1.26 bits per heavy atom. The van der Waals surface area contributed by atoms with Gasteiger partial charge in [0.1, 0.15) is 5.58 Å². The number of hydrogen-bond donors (Lipinski definition) is 0. The summed E-state index contributed by atoms with van der Waals surface area (Å²) in [6.45, 7) is 18.9. The maximum Gasteiger partial charge on any atom is 0.252 e. The highest BCUT2D eigenvalue weighted by Gasteiger charge is 2.47. The molecule has 0 radical (unpaired) electrons. The maximum absolute atomic E-state index is 6.83. The molecule has 0 amide bonds. The Hall–Kier alpha value is -5.48. The van der Waals surface area contributed by atoms with E-state index in [2.05, 4.69) is 180 Å². The van der Waals surface area contributed by atoms with Gasteiger partial charge in [0.05, 0.1) is 11.4 Å². The Bertz CT molecular complexity index is 2910. The zero-order valence-corrected chi connectivity index (χ0v) is 31.8. The fourth-order valence-corrected chi connectivity index (χ4v) is 10.0. The number of fused-ring (bicyclic) bond motifs is 12. The van der Waals surface area contributed by atoms with E-state index >= 15 is 0 Å². The molecule has 0 atom stereocenters.